The molecule has 1 aliphatic carbocycles. The van der Waals surface area contributed by atoms with Crippen molar-refractivity contribution < 1.29 is 4.42 Å². The molecule has 0 amide bonds. The van der Waals surface area contributed by atoms with Crippen molar-refractivity contribution in [3.05, 3.63) is 42.0 Å². The average molecular weight is 342 g/mol. The van der Waals surface area contributed by atoms with Crippen LogP contribution >= 0.6 is 11.8 Å². The van der Waals surface area contributed by atoms with E-state index in [2.05, 4.69) is 25.7 Å². The van der Waals surface area contributed by atoms with Crippen molar-refractivity contribution in [3.8, 4) is 5.69 Å². The Hall–Kier alpha value is -2.22. The molecule has 1 aliphatic rings. The topological polar surface area (TPSA) is 82.5 Å². The Morgan fingerprint density at radius 1 is 1.04 bits per heavy atom. The van der Waals surface area contributed by atoms with Crippen LogP contribution in [0.1, 0.15) is 49.7 Å². The number of benzene rings is 1. The summed E-state index contributed by atoms with van der Waals surface area (Å²) < 4.78 is 7.56. The molecule has 0 atom stereocenters. The highest BCUT2D eigenvalue weighted by atomic mass is 32.2. The van der Waals surface area contributed by atoms with E-state index in [1.165, 1.54) is 31.0 Å². The largest absolute Gasteiger partial charge is 0.416 e. The average Bonchev–Trinajstić information content (AvgIpc) is 3.31. The molecule has 2 heterocycles. The molecule has 0 unspecified atom stereocenters. The van der Waals surface area contributed by atoms with Crippen LogP contribution in [0.25, 0.3) is 5.69 Å². The Bertz CT molecular complexity index is 781. The number of hydrogen-bond donors (Lipinski definition) is 0. The van der Waals surface area contributed by atoms with Crippen LogP contribution in [0.4, 0.5) is 0 Å². The smallest absolute Gasteiger partial charge is 0.277 e. The molecule has 0 radical (unpaired) electrons. The fourth-order valence-electron chi connectivity index (χ4n) is 2.98. The first-order valence-corrected chi connectivity index (χ1v) is 9.17. The molecule has 0 bridgehead atoms. The van der Waals surface area contributed by atoms with Crippen LogP contribution in [0.15, 0.2) is 40.0 Å². The first-order valence-electron chi connectivity index (χ1n) is 8.19. The summed E-state index contributed by atoms with van der Waals surface area (Å²) in [5, 5.41) is 20.9. The summed E-state index contributed by atoms with van der Waals surface area (Å²) >= 11 is 1.47. The highest BCUT2D eigenvalue weighted by Gasteiger charge is 2.21. The van der Waals surface area contributed by atoms with E-state index in [4.69, 9.17) is 4.42 Å². The van der Waals surface area contributed by atoms with Gasteiger partial charge >= 0.3 is 0 Å². The van der Waals surface area contributed by atoms with Crippen molar-refractivity contribution >= 4 is 11.8 Å². The van der Waals surface area contributed by atoms with Crippen LogP contribution in [0.2, 0.25) is 0 Å². The minimum atomic E-state index is 0.426. The summed E-state index contributed by atoms with van der Waals surface area (Å²) in [5.41, 5.74) is 0.937. The number of para-hydroxylation sites is 1. The molecular weight excluding hydrogens is 324 g/mol. The first-order chi connectivity index (χ1) is 11.9. The predicted octanol–water partition coefficient (Wildman–Crippen LogP) is 3.39. The predicted molar refractivity (Wildman–Crippen MR) is 88.8 cm³/mol. The highest BCUT2D eigenvalue weighted by Crippen LogP contribution is 2.33. The van der Waals surface area contributed by atoms with Gasteiger partial charge in [0.15, 0.2) is 5.82 Å². The van der Waals surface area contributed by atoms with Gasteiger partial charge in [0.05, 0.1) is 11.4 Å². The Balaban J connectivity index is 1.43. The third-order valence-electron chi connectivity index (χ3n) is 4.24. The lowest BCUT2D eigenvalue weighted by molar-refractivity contribution is 0.334. The second kappa shape index (κ2) is 7.12. The summed E-state index contributed by atoms with van der Waals surface area (Å²) in [6, 6.07) is 9.83. The van der Waals surface area contributed by atoms with E-state index in [0.717, 1.165) is 30.2 Å². The van der Waals surface area contributed by atoms with Gasteiger partial charge in [0.2, 0.25) is 5.89 Å². The molecule has 4 rings (SSSR count). The second-order valence-electron chi connectivity index (χ2n) is 5.87. The van der Waals surface area contributed by atoms with Gasteiger partial charge in [0, 0.05) is 5.92 Å². The zero-order valence-electron chi connectivity index (χ0n) is 13.2. The number of thioether (sulfide) groups is 1. The maximum Gasteiger partial charge on any atom is 0.277 e. The van der Waals surface area contributed by atoms with E-state index in [1.54, 1.807) is 4.68 Å². The maximum absolute atomic E-state index is 5.83. The quantitative estimate of drug-likeness (QED) is 0.657. The van der Waals surface area contributed by atoms with Gasteiger partial charge in [-0.3, -0.25) is 0 Å². The maximum atomic E-state index is 5.83. The molecule has 0 N–H and O–H groups in total. The Morgan fingerprint density at radius 2 is 1.88 bits per heavy atom. The molecule has 8 heteroatoms. The lowest BCUT2D eigenvalue weighted by Crippen LogP contribution is -2.04. The number of nitrogens with zero attached hydrogens (tertiary/aromatic N) is 6. The van der Waals surface area contributed by atoms with Gasteiger partial charge in [-0.05, 0) is 35.4 Å². The normalized spacial score (nSPS) is 15.7. The van der Waals surface area contributed by atoms with Crippen LogP contribution in [-0.2, 0) is 5.75 Å². The van der Waals surface area contributed by atoms with Crippen molar-refractivity contribution in [3.63, 3.8) is 0 Å². The first kappa shape index (κ1) is 15.3. The molecule has 1 aromatic carbocycles. The van der Waals surface area contributed by atoms with E-state index in [9.17, 15) is 0 Å². The molecular formula is C16H18N6OS. The minimum Gasteiger partial charge on any atom is -0.416 e. The van der Waals surface area contributed by atoms with E-state index in [1.807, 2.05) is 30.3 Å². The standard InChI is InChI=1S/C16H18N6OS/c1-3-7-12(8-4-1)15-18-19-16(23-15)24-11-14-17-20-21-22(14)13-9-5-2-6-10-13/h2,5-6,9-10,12H,1,3-4,7-8,11H2. The van der Waals surface area contributed by atoms with Crippen LogP contribution in [0.3, 0.4) is 0 Å². The van der Waals surface area contributed by atoms with Crippen LogP contribution in [0.5, 0.6) is 0 Å². The Morgan fingerprint density at radius 3 is 2.71 bits per heavy atom. The summed E-state index contributed by atoms with van der Waals surface area (Å²) in [6.45, 7) is 0. The number of tetrazole rings is 1. The molecule has 0 aliphatic heterocycles. The van der Waals surface area contributed by atoms with Crippen molar-refractivity contribution in [1.29, 1.82) is 0 Å². The van der Waals surface area contributed by atoms with Crippen LogP contribution in [-0.4, -0.2) is 30.4 Å². The van der Waals surface area contributed by atoms with E-state index in [-0.39, 0.29) is 0 Å². The van der Waals surface area contributed by atoms with E-state index < -0.39 is 0 Å². The molecule has 3 aromatic rings. The van der Waals surface area contributed by atoms with Gasteiger partial charge in [0.25, 0.3) is 5.22 Å². The molecule has 124 valence electrons. The SMILES string of the molecule is c1ccc(-n2nnnc2CSc2nnc(C3CCCCC3)o2)cc1. The number of aromatic nitrogens is 6. The van der Waals surface area contributed by atoms with Gasteiger partial charge in [-0.25, -0.2) is 0 Å². The number of hydrogen-bond acceptors (Lipinski definition) is 7. The third-order valence-corrected chi connectivity index (χ3v) is 5.05. The zero-order chi connectivity index (χ0) is 16.2. The van der Waals surface area contributed by atoms with E-state index >= 15 is 0 Å². The summed E-state index contributed by atoms with van der Waals surface area (Å²) in [6.07, 6.45) is 6.12. The molecule has 1 fully saturated rings. The molecule has 2 aromatic heterocycles. The monoisotopic (exact) mass is 342 g/mol. The minimum absolute atomic E-state index is 0.426. The van der Waals surface area contributed by atoms with Gasteiger partial charge in [-0.1, -0.05) is 49.2 Å². The molecule has 0 saturated heterocycles. The molecule has 1 saturated carbocycles. The van der Waals surface area contributed by atoms with Gasteiger partial charge < -0.3 is 4.42 Å². The fourth-order valence-corrected chi connectivity index (χ4v) is 3.66. The Kier molecular flexibility index (Phi) is 4.55. The second-order valence-corrected chi connectivity index (χ2v) is 6.80. The van der Waals surface area contributed by atoms with Gasteiger partial charge in [-0.15, -0.1) is 15.3 Å². The van der Waals surface area contributed by atoms with Crippen molar-refractivity contribution in [1.82, 2.24) is 30.4 Å². The van der Waals surface area contributed by atoms with Crippen molar-refractivity contribution in [2.24, 2.45) is 0 Å². The highest BCUT2D eigenvalue weighted by molar-refractivity contribution is 7.98. The van der Waals surface area contributed by atoms with Crippen LogP contribution in [0, 0.1) is 0 Å². The van der Waals surface area contributed by atoms with E-state index in [0.29, 0.717) is 16.9 Å². The summed E-state index contributed by atoms with van der Waals surface area (Å²) in [4.78, 5) is 0. The lowest BCUT2D eigenvalue weighted by Gasteiger charge is -2.17. The van der Waals surface area contributed by atoms with Crippen molar-refractivity contribution in [2.45, 2.75) is 49.0 Å². The summed E-state index contributed by atoms with van der Waals surface area (Å²) in [5.74, 6) is 2.53. The van der Waals surface area contributed by atoms with Gasteiger partial charge in [-0.2, -0.15) is 4.68 Å². The zero-order valence-corrected chi connectivity index (χ0v) is 14.0. The van der Waals surface area contributed by atoms with Crippen molar-refractivity contribution in [2.75, 3.05) is 0 Å². The number of rotatable bonds is 5. The summed E-state index contributed by atoms with van der Waals surface area (Å²) in [7, 11) is 0. The molecule has 7 nitrogen and oxygen atoms in total. The fraction of sp³-hybridized carbons (Fsp3) is 0.438. The van der Waals surface area contributed by atoms with Gasteiger partial charge in [0.1, 0.15) is 0 Å². The molecule has 0 spiro atoms. The molecule has 24 heavy (non-hydrogen) atoms. The Labute approximate surface area is 143 Å². The third kappa shape index (κ3) is 3.33. The van der Waals surface area contributed by atoms with Crippen LogP contribution < -0.4 is 0 Å². The lowest BCUT2D eigenvalue weighted by atomic mass is 9.89.